The van der Waals surface area contributed by atoms with Crippen molar-refractivity contribution in [2.45, 2.75) is 26.8 Å². The van der Waals surface area contributed by atoms with E-state index in [-0.39, 0.29) is 5.41 Å². The lowest BCUT2D eigenvalue weighted by molar-refractivity contribution is -0.119. The maximum atomic E-state index is 11.9. The lowest BCUT2D eigenvalue weighted by atomic mass is 9.85. The second-order valence-corrected chi connectivity index (χ2v) is 6.31. The number of rotatable bonds is 4. The van der Waals surface area contributed by atoms with E-state index in [9.17, 15) is 4.79 Å². The lowest BCUT2D eigenvalue weighted by Crippen LogP contribution is -2.26. The summed E-state index contributed by atoms with van der Waals surface area (Å²) < 4.78 is 0. The van der Waals surface area contributed by atoms with Gasteiger partial charge in [0.1, 0.15) is 0 Å². The molecule has 0 spiro atoms. The fraction of sp³-hybridized carbons (Fsp3) is 0.263. The van der Waals surface area contributed by atoms with Crippen molar-refractivity contribution in [2.24, 2.45) is 16.1 Å². The summed E-state index contributed by atoms with van der Waals surface area (Å²) in [7, 11) is 0. The fourth-order valence-corrected chi connectivity index (χ4v) is 2.36. The van der Waals surface area contributed by atoms with Crippen LogP contribution in [0.2, 0.25) is 0 Å². The van der Waals surface area contributed by atoms with Gasteiger partial charge in [-0.2, -0.15) is 0 Å². The van der Waals surface area contributed by atoms with Crippen molar-refractivity contribution in [2.75, 3.05) is 0 Å². The van der Waals surface area contributed by atoms with Gasteiger partial charge in [-0.3, -0.25) is 9.79 Å². The summed E-state index contributed by atoms with van der Waals surface area (Å²) in [5, 5.41) is 0. The van der Waals surface area contributed by atoms with Gasteiger partial charge in [0.05, 0.1) is 0 Å². The molecule has 3 nitrogen and oxygen atoms in total. The van der Waals surface area contributed by atoms with Crippen LogP contribution in [0.25, 0.3) is 0 Å². The summed E-state index contributed by atoms with van der Waals surface area (Å²) in [5.74, 6) is -0.441. The van der Waals surface area contributed by atoms with E-state index < -0.39 is 11.9 Å². The zero-order valence-electron chi connectivity index (χ0n) is 13.3. The molecule has 2 aromatic carbocycles. The van der Waals surface area contributed by atoms with Crippen LogP contribution in [0.3, 0.4) is 0 Å². The van der Waals surface area contributed by atoms with Crippen molar-refractivity contribution < 1.29 is 4.79 Å². The first kappa shape index (κ1) is 16.0. The highest BCUT2D eigenvalue weighted by Crippen LogP contribution is 2.26. The van der Waals surface area contributed by atoms with Crippen molar-refractivity contribution >= 4 is 11.6 Å². The Morgan fingerprint density at radius 1 is 0.955 bits per heavy atom. The first-order valence-corrected chi connectivity index (χ1v) is 7.37. The number of nitrogens with zero attached hydrogens (tertiary/aromatic N) is 1. The van der Waals surface area contributed by atoms with E-state index in [4.69, 9.17) is 10.7 Å². The minimum atomic E-state index is -0.671. The molecular weight excluding hydrogens is 272 g/mol. The number of primary amides is 1. The summed E-state index contributed by atoms with van der Waals surface area (Å²) in [4.78, 5) is 16.6. The Hall–Kier alpha value is -2.42. The number of hydrogen-bond acceptors (Lipinski definition) is 2. The predicted octanol–water partition coefficient (Wildman–Crippen LogP) is 3.75. The minimum absolute atomic E-state index is 0.191. The van der Waals surface area contributed by atoms with Crippen LogP contribution in [0.1, 0.15) is 37.9 Å². The third kappa shape index (κ3) is 3.82. The Kier molecular flexibility index (Phi) is 4.76. The van der Waals surface area contributed by atoms with Crippen LogP contribution in [-0.2, 0) is 4.79 Å². The molecule has 0 saturated carbocycles. The molecule has 114 valence electrons. The summed E-state index contributed by atoms with van der Waals surface area (Å²) in [5.41, 5.74) is 8.10. The smallest absolute Gasteiger partial charge is 0.246 e. The van der Waals surface area contributed by atoms with Crippen molar-refractivity contribution in [3.8, 4) is 0 Å². The molecule has 1 amide bonds. The Morgan fingerprint density at radius 2 is 1.45 bits per heavy atom. The van der Waals surface area contributed by atoms with E-state index >= 15 is 0 Å². The van der Waals surface area contributed by atoms with Crippen LogP contribution in [0, 0.1) is 5.41 Å². The normalized spacial score (nSPS) is 13.7. The van der Waals surface area contributed by atoms with Crippen LogP contribution >= 0.6 is 0 Å². The third-order valence-electron chi connectivity index (χ3n) is 3.40. The standard InChI is InChI=1S/C19H22N2O/c1-19(2,3)17(15-12-8-5-9-13-15)21-16(18(20)22)14-10-6-4-7-11-14/h4-13,16H,1-3H3,(H2,20,22). The maximum absolute atomic E-state index is 11.9. The number of amides is 1. The van der Waals surface area contributed by atoms with Gasteiger partial charge in [-0.25, -0.2) is 0 Å². The molecule has 0 radical (unpaired) electrons. The second-order valence-electron chi connectivity index (χ2n) is 6.31. The monoisotopic (exact) mass is 294 g/mol. The summed E-state index contributed by atoms with van der Waals surface area (Å²) in [6.07, 6.45) is 0. The molecule has 0 heterocycles. The number of hydrogen-bond donors (Lipinski definition) is 1. The minimum Gasteiger partial charge on any atom is -0.368 e. The highest BCUT2D eigenvalue weighted by molar-refractivity contribution is 6.05. The van der Waals surface area contributed by atoms with E-state index in [0.29, 0.717) is 0 Å². The van der Waals surface area contributed by atoms with Gasteiger partial charge in [-0.1, -0.05) is 81.4 Å². The molecule has 2 N–H and O–H groups in total. The van der Waals surface area contributed by atoms with Crippen LogP contribution in [0.15, 0.2) is 65.7 Å². The third-order valence-corrected chi connectivity index (χ3v) is 3.40. The molecule has 0 aliphatic heterocycles. The van der Waals surface area contributed by atoms with E-state index in [1.54, 1.807) is 0 Å². The average molecular weight is 294 g/mol. The molecule has 1 unspecified atom stereocenters. The van der Waals surface area contributed by atoms with Crippen molar-refractivity contribution in [3.05, 3.63) is 71.8 Å². The van der Waals surface area contributed by atoms with Gasteiger partial charge in [-0.15, -0.1) is 0 Å². The molecule has 3 heteroatoms. The average Bonchev–Trinajstić information content (AvgIpc) is 2.48. The second kappa shape index (κ2) is 6.56. The molecule has 0 aliphatic rings. The largest absolute Gasteiger partial charge is 0.368 e. The van der Waals surface area contributed by atoms with Crippen LogP contribution in [0.4, 0.5) is 0 Å². The molecule has 22 heavy (non-hydrogen) atoms. The summed E-state index contributed by atoms with van der Waals surface area (Å²) >= 11 is 0. The van der Waals surface area contributed by atoms with Gasteiger partial charge in [0.15, 0.2) is 6.04 Å². The van der Waals surface area contributed by atoms with Crippen molar-refractivity contribution in [3.63, 3.8) is 0 Å². The van der Waals surface area contributed by atoms with Gasteiger partial charge in [0.25, 0.3) is 0 Å². The Morgan fingerprint density at radius 3 is 1.91 bits per heavy atom. The molecule has 0 fully saturated rings. The number of aliphatic imine (C=N–C) groups is 1. The lowest BCUT2D eigenvalue weighted by Gasteiger charge is -2.24. The molecular formula is C19H22N2O. The highest BCUT2D eigenvalue weighted by Gasteiger charge is 2.25. The summed E-state index contributed by atoms with van der Waals surface area (Å²) in [6, 6.07) is 18.7. The van der Waals surface area contributed by atoms with Gasteiger partial charge in [0.2, 0.25) is 5.91 Å². The Bertz CT molecular complexity index is 655. The van der Waals surface area contributed by atoms with Crippen LogP contribution in [-0.4, -0.2) is 11.6 Å². The van der Waals surface area contributed by atoms with Crippen LogP contribution in [0.5, 0.6) is 0 Å². The number of benzene rings is 2. The first-order chi connectivity index (χ1) is 10.4. The fourth-order valence-electron chi connectivity index (χ4n) is 2.36. The molecule has 0 saturated heterocycles. The van der Waals surface area contributed by atoms with Gasteiger partial charge < -0.3 is 5.73 Å². The van der Waals surface area contributed by atoms with Gasteiger partial charge in [-0.05, 0) is 11.1 Å². The van der Waals surface area contributed by atoms with E-state index in [0.717, 1.165) is 16.8 Å². The van der Waals surface area contributed by atoms with Crippen molar-refractivity contribution in [1.29, 1.82) is 0 Å². The molecule has 0 aliphatic carbocycles. The molecule has 0 bridgehead atoms. The summed E-state index contributed by atoms with van der Waals surface area (Å²) in [6.45, 7) is 6.26. The predicted molar refractivity (Wildman–Crippen MR) is 90.8 cm³/mol. The number of carbonyl (C=O) groups excluding carboxylic acids is 1. The number of carbonyl (C=O) groups is 1. The molecule has 0 aromatic heterocycles. The van der Waals surface area contributed by atoms with Gasteiger partial charge in [0, 0.05) is 11.1 Å². The molecule has 1 atom stereocenters. The van der Waals surface area contributed by atoms with E-state index in [2.05, 4.69) is 20.8 Å². The van der Waals surface area contributed by atoms with Gasteiger partial charge >= 0.3 is 0 Å². The van der Waals surface area contributed by atoms with E-state index in [1.165, 1.54) is 0 Å². The molecule has 2 aromatic rings. The Balaban J connectivity index is 2.54. The van der Waals surface area contributed by atoms with Crippen LogP contribution < -0.4 is 5.73 Å². The maximum Gasteiger partial charge on any atom is 0.246 e. The first-order valence-electron chi connectivity index (χ1n) is 7.37. The quantitative estimate of drug-likeness (QED) is 0.858. The zero-order valence-corrected chi connectivity index (χ0v) is 13.3. The number of nitrogens with two attached hydrogens (primary N) is 1. The SMILES string of the molecule is CC(C)(C)C(=NC(C(N)=O)c1ccccc1)c1ccccc1. The topological polar surface area (TPSA) is 55.4 Å². The highest BCUT2D eigenvalue weighted by atomic mass is 16.1. The van der Waals surface area contributed by atoms with E-state index in [1.807, 2.05) is 60.7 Å². The zero-order chi connectivity index (χ0) is 16.2. The van der Waals surface area contributed by atoms with Crippen molar-refractivity contribution in [1.82, 2.24) is 0 Å². The molecule has 2 rings (SSSR count). The Labute approximate surface area is 131 Å².